The third-order valence-electron chi connectivity index (χ3n) is 4.31. The molecule has 0 saturated carbocycles. The van der Waals surface area contributed by atoms with Gasteiger partial charge in [-0.05, 0) is 38.3 Å². The topological polar surface area (TPSA) is 61.3 Å². The summed E-state index contributed by atoms with van der Waals surface area (Å²) in [6.07, 6.45) is 0.992. The number of rotatable bonds is 4. The van der Waals surface area contributed by atoms with E-state index in [1.54, 1.807) is 0 Å². The second-order valence-corrected chi connectivity index (χ2v) is 6.69. The fourth-order valence-corrected chi connectivity index (χ4v) is 3.16. The van der Waals surface area contributed by atoms with Crippen LogP contribution in [0.1, 0.15) is 30.7 Å². The van der Waals surface area contributed by atoms with Gasteiger partial charge in [-0.15, -0.1) is 0 Å². The number of anilines is 2. The fourth-order valence-electron chi connectivity index (χ4n) is 3.16. The minimum atomic E-state index is -0.0105. The predicted octanol–water partition coefficient (Wildman–Crippen LogP) is 2.53. The summed E-state index contributed by atoms with van der Waals surface area (Å²) >= 11 is 0. The molecule has 5 heteroatoms. The van der Waals surface area contributed by atoms with Crippen molar-refractivity contribution in [3.8, 4) is 0 Å². The van der Waals surface area contributed by atoms with E-state index >= 15 is 0 Å². The molecule has 1 aromatic heterocycles. The van der Waals surface area contributed by atoms with E-state index in [2.05, 4.69) is 58.3 Å². The lowest BCUT2D eigenvalue weighted by Gasteiger charge is -2.44. The summed E-state index contributed by atoms with van der Waals surface area (Å²) in [5.74, 6) is 1.50. The maximum atomic E-state index is 8.98. The molecular formula is C18H24N4O. The summed E-state index contributed by atoms with van der Waals surface area (Å²) in [5.41, 5.74) is 3.68. The summed E-state index contributed by atoms with van der Waals surface area (Å²) in [6.45, 7) is 7.84. The van der Waals surface area contributed by atoms with E-state index < -0.39 is 0 Å². The Morgan fingerprint density at radius 2 is 1.96 bits per heavy atom. The zero-order chi connectivity index (χ0) is 16.4. The third kappa shape index (κ3) is 3.29. The molecule has 0 aliphatic carbocycles. The monoisotopic (exact) mass is 312 g/mol. The second-order valence-electron chi connectivity index (χ2n) is 6.69. The Hall–Kier alpha value is -2.14. The number of aliphatic hydroxyl groups is 1. The third-order valence-corrected chi connectivity index (χ3v) is 4.31. The van der Waals surface area contributed by atoms with Gasteiger partial charge in [0.1, 0.15) is 5.82 Å². The zero-order valence-corrected chi connectivity index (χ0v) is 14.0. The maximum Gasteiger partial charge on any atom is 0.224 e. The molecule has 0 saturated heterocycles. The molecule has 0 spiro atoms. The molecule has 2 N–H and O–H groups in total. The molecular weight excluding hydrogens is 288 g/mol. The van der Waals surface area contributed by atoms with Gasteiger partial charge in [-0.1, -0.05) is 24.3 Å². The van der Waals surface area contributed by atoms with E-state index in [9.17, 15) is 0 Å². The maximum absolute atomic E-state index is 8.98. The van der Waals surface area contributed by atoms with E-state index in [1.807, 2.05) is 13.0 Å². The van der Waals surface area contributed by atoms with Crippen LogP contribution < -0.4 is 10.2 Å². The molecule has 1 aromatic carbocycles. The standard InChI is InChI=1S/C18H24N4O/c1-13-10-16(21-17(20-13)19-8-9-23)22-12-15-7-5-4-6-14(15)11-18(22,2)3/h4-7,10,23H,8-9,11-12H2,1-3H3,(H,19,20,21). The van der Waals surface area contributed by atoms with Gasteiger partial charge < -0.3 is 15.3 Å². The SMILES string of the molecule is Cc1cc(N2Cc3ccccc3CC2(C)C)nc(NCCO)n1. The molecule has 0 atom stereocenters. The molecule has 0 radical (unpaired) electrons. The van der Waals surface area contributed by atoms with Crippen LogP contribution in [0.25, 0.3) is 0 Å². The van der Waals surface area contributed by atoms with Crippen LogP contribution in [0.3, 0.4) is 0 Å². The highest BCUT2D eigenvalue weighted by Crippen LogP contribution is 2.34. The molecule has 1 aliphatic rings. The smallest absolute Gasteiger partial charge is 0.224 e. The van der Waals surface area contributed by atoms with Gasteiger partial charge in [0.05, 0.1) is 6.61 Å². The van der Waals surface area contributed by atoms with Crippen LogP contribution in [0, 0.1) is 6.92 Å². The molecule has 0 unspecified atom stereocenters. The average molecular weight is 312 g/mol. The van der Waals surface area contributed by atoms with E-state index in [1.165, 1.54) is 11.1 Å². The second kappa shape index (κ2) is 6.16. The molecule has 0 fully saturated rings. The van der Waals surface area contributed by atoms with Crippen molar-refractivity contribution >= 4 is 11.8 Å². The molecule has 0 bridgehead atoms. The number of benzene rings is 1. The van der Waals surface area contributed by atoms with Gasteiger partial charge in [0.2, 0.25) is 5.95 Å². The number of fused-ring (bicyclic) bond motifs is 1. The molecule has 2 aromatic rings. The van der Waals surface area contributed by atoms with Crippen LogP contribution in [0.5, 0.6) is 0 Å². The Morgan fingerprint density at radius 3 is 2.70 bits per heavy atom. The van der Waals surface area contributed by atoms with Crippen LogP contribution in [0.15, 0.2) is 30.3 Å². The van der Waals surface area contributed by atoms with Gasteiger partial charge in [0.15, 0.2) is 0 Å². The first-order chi connectivity index (χ1) is 11.0. The number of hydrogen-bond acceptors (Lipinski definition) is 5. The highest BCUT2D eigenvalue weighted by atomic mass is 16.3. The summed E-state index contributed by atoms with van der Waals surface area (Å²) in [4.78, 5) is 11.4. The Kier molecular flexibility index (Phi) is 4.22. The zero-order valence-electron chi connectivity index (χ0n) is 14.0. The predicted molar refractivity (Wildman–Crippen MR) is 92.8 cm³/mol. The average Bonchev–Trinajstić information content (AvgIpc) is 2.50. The van der Waals surface area contributed by atoms with Gasteiger partial charge in [-0.3, -0.25) is 0 Å². The minimum absolute atomic E-state index is 0.0105. The lowest BCUT2D eigenvalue weighted by molar-refractivity contribution is 0.310. The highest BCUT2D eigenvalue weighted by Gasteiger charge is 2.33. The highest BCUT2D eigenvalue weighted by molar-refractivity contribution is 5.51. The number of aromatic nitrogens is 2. The lowest BCUT2D eigenvalue weighted by atomic mass is 9.85. The van der Waals surface area contributed by atoms with Crippen molar-refractivity contribution in [2.45, 2.75) is 39.3 Å². The molecule has 122 valence electrons. The first kappa shape index (κ1) is 15.7. The van der Waals surface area contributed by atoms with Gasteiger partial charge in [-0.25, -0.2) is 4.98 Å². The summed E-state index contributed by atoms with van der Waals surface area (Å²) in [7, 11) is 0. The molecule has 1 aliphatic heterocycles. The first-order valence-corrected chi connectivity index (χ1v) is 8.04. The molecule has 0 amide bonds. The van der Waals surface area contributed by atoms with Crippen LogP contribution in [-0.4, -0.2) is 33.8 Å². The van der Waals surface area contributed by atoms with Crippen molar-refractivity contribution in [2.75, 3.05) is 23.4 Å². The number of nitrogens with zero attached hydrogens (tertiary/aromatic N) is 3. The van der Waals surface area contributed by atoms with Crippen molar-refractivity contribution < 1.29 is 5.11 Å². The van der Waals surface area contributed by atoms with Crippen molar-refractivity contribution in [3.05, 3.63) is 47.2 Å². The quantitative estimate of drug-likeness (QED) is 0.908. The van der Waals surface area contributed by atoms with Crippen molar-refractivity contribution in [1.29, 1.82) is 0 Å². The Labute approximate surface area is 137 Å². The molecule has 5 nitrogen and oxygen atoms in total. The number of hydrogen-bond donors (Lipinski definition) is 2. The Balaban J connectivity index is 1.96. The van der Waals surface area contributed by atoms with Gasteiger partial charge in [0, 0.05) is 30.4 Å². The lowest BCUT2D eigenvalue weighted by Crippen LogP contribution is -2.49. The van der Waals surface area contributed by atoms with Gasteiger partial charge in [0.25, 0.3) is 0 Å². The number of nitrogens with one attached hydrogen (secondary N) is 1. The molecule has 2 heterocycles. The van der Waals surface area contributed by atoms with Crippen molar-refractivity contribution in [1.82, 2.24) is 9.97 Å². The van der Waals surface area contributed by atoms with E-state index in [0.717, 1.165) is 24.5 Å². The normalized spacial score (nSPS) is 16.1. The number of aryl methyl sites for hydroxylation is 1. The summed E-state index contributed by atoms with van der Waals surface area (Å²) in [5, 5.41) is 12.0. The van der Waals surface area contributed by atoms with E-state index in [4.69, 9.17) is 5.11 Å². The molecule has 23 heavy (non-hydrogen) atoms. The van der Waals surface area contributed by atoms with Crippen LogP contribution in [-0.2, 0) is 13.0 Å². The van der Waals surface area contributed by atoms with Crippen molar-refractivity contribution in [2.24, 2.45) is 0 Å². The first-order valence-electron chi connectivity index (χ1n) is 8.04. The Morgan fingerprint density at radius 1 is 1.22 bits per heavy atom. The van der Waals surface area contributed by atoms with E-state index in [0.29, 0.717) is 12.5 Å². The fraction of sp³-hybridized carbons (Fsp3) is 0.444. The Bertz CT molecular complexity index is 699. The van der Waals surface area contributed by atoms with Crippen LogP contribution in [0.4, 0.5) is 11.8 Å². The van der Waals surface area contributed by atoms with Gasteiger partial charge >= 0.3 is 0 Å². The largest absolute Gasteiger partial charge is 0.395 e. The summed E-state index contributed by atoms with van der Waals surface area (Å²) < 4.78 is 0. The van der Waals surface area contributed by atoms with Crippen LogP contribution >= 0.6 is 0 Å². The van der Waals surface area contributed by atoms with E-state index in [-0.39, 0.29) is 12.1 Å². The van der Waals surface area contributed by atoms with Gasteiger partial charge in [-0.2, -0.15) is 4.98 Å². The van der Waals surface area contributed by atoms with Crippen molar-refractivity contribution in [3.63, 3.8) is 0 Å². The van der Waals surface area contributed by atoms with Crippen LogP contribution in [0.2, 0.25) is 0 Å². The number of aliphatic hydroxyl groups excluding tert-OH is 1. The minimum Gasteiger partial charge on any atom is -0.395 e. The molecule has 3 rings (SSSR count). The summed E-state index contributed by atoms with van der Waals surface area (Å²) in [6, 6.07) is 10.6.